The van der Waals surface area contributed by atoms with Crippen LogP contribution in [0, 0.1) is 16.6 Å². The Morgan fingerprint density at radius 2 is 1.76 bits per heavy atom. The number of amides is 1. The van der Waals surface area contributed by atoms with Crippen molar-refractivity contribution in [2.45, 2.75) is 72.6 Å². The fourth-order valence-corrected chi connectivity index (χ4v) is 3.75. The molecule has 1 saturated heterocycles. The number of hydrogen-bond acceptors (Lipinski definition) is 4. The van der Waals surface area contributed by atoms with Crippen LogP contribution in [0.2, 0.25) is 0 Å². The van der Waals surface area contributed by atoms with Gasteiger partial charge in [0.25, 0.3) is 0 Å². The van der Waals surface area contributed by atoms with Gasteiger partial charge in [0.1, 0.15) is 17.5 Å². The number of rotatable bonds is 3. The average Bonchev–Trinajstić information content (AvgIpc) is 2.86. The van der Waals surface area contributed by atoms with Crippen molar-refractivity contribution in [3.05, 3.63) is 35.6 Å². The third-order valence-electron chi connectivity index (χ3n) is 5.03. The first kappa shape index (κ1) is 22.8. The minimum Gasteiger partial charge on any atom is -0.480 e. The van der Waals surface area contributed by atoms with Crippen LogP contribution in [0.3, 0.4) is 0 Å². The second kappa shape index (κ2) is 7.43. The summed E-state index contributed by atoms with van der Waals surface area (Å²) in [5.41, 5.74) is -2.68. The maximum atomic E-state index is 14.0. The zero-order valence-electron chi connectivity index (χ0n) is 18.1. The first-order valence-electron chi connectivity index (χ1n) is 9.62. The van der Waals surface area contributed by atoms with E-state index in [-0.39, 0.29) is 6.42 Å². The normalized spacial score (nSPS) is 25.0. The van der Waals surface area contributed by atoms with Gasteiger partial charge in [-0.25, -0.2) is 9.18 Å². The SMILES string of the molecule is CC(C)(C)OC(=O)[C@]1(C)C[C@H](C(=O)O)N(C(=O)C(C)(C)C)[C@@H]1c1cccc(F)c1. The van der Waals surface area contributed by atoms with Gasteiger partial charge in [-0.1, -0.05) is 32.9 Å². The number of esters is 1. The Hall–Kier alpha value is -2.44. The van der Waals surface area contributed by atoms with Crippen molar-refractivity contribution in [1.82, 2.24) is 4.90 Å². The number of ether oxygens (including phenoxy) is 1. The molecule has 1 amide bonds. The van der Waals surface area contributed by atoms with Gasteiger partial charge in [-0.3, -0.25) is 9.59 Å². The number of carbonyl (C=O) groups is 3. The summed E-state index contributed by atoms with van der Waals surface area (Å²) < 4.78 is 19.6. The van der Waals surface area contributed by atoms with E-state index in [4.69, 9.17) is 4.74 Å². The molecule has 3 atom stereocenters. The Labute approximate surface area is 171 Å². The Morgan fingerprint density at radius 3 is 2.21 bits per heavy atom. The molecule has 0 saturated carbocycles. The minimum absolute atomic E-state index is 0.125. The maximum absolute atomic E-state index is 14.0. The lowest BCUT2D eigenvalue weighted by Crippen LogP contribution is -2.48. The van der Waals surface area contributed by atoms with Crippen molar-refractivity contribution in [2.75, 3.05) is 0 Å². The van der Waals surface area contributed by atoms with Crippen LogP contribution < -0.4 is 0 Å². The molecule has 0 aromatic heterocycles. The number of aliphatic carboxylic acids is 1. The van der Waals surface area contributed by atoms with Crippen LogP contribution in [0.15, 0.2) is 24.3 Å². The van der Waals surface area contributed by atoms with Crippen LogP contribution in [0.1, 0.15) is 66.5 Å². The van der Waals surface area contributed by atoms with Gasteiger partial charge in [0.15, 0.2) is 0 Å². The van der Waals surface area contributed by atoms with E-state index < -0.39 is 52.2 Å². The van der Waals surface area contributed by atoms with Crippen molar-refractivity contribution >= 4 is 17.8 Å². The van der Waals surface area contributed by atoms with E-state index in [1.54, 1.807) is 54.5 Å². The number of benzene rings is 1. The fraction of sp³-hybridized carbons (Fsp3) is 0.591. The zero-order chi connectivity index (χ0) is 22.4. The third-order valence-corrected chi connectivity index (χ3v) is 5.03. The molecule has 0 aliphatic carbocycles. The Bertz CT molecular complexity index is 823. The molecule has 0 bridgehead atoms. The van der Waals surface area contributed by atoms with Crippen LogP contribution in [0.25, 0.3) is 0 Å². The lowest BCUT2D eigenvalue weighted by molar-refractivity contribution is -0.169. The molecule has 29 heavy (non-hydrogen) atoms. The van der Waals surface area contributed by atoms with Crippen molar-refractivity contribution in [1.29, 1.82) is 0 Å². The maximum Gasteiger partial charge on any atom is 0.326 e. The molecular weight excluding hydrogens is 377 g/mol. The van der Waals surface area contributed by atoms with Crippen LogP contribution in [0.4, 0.5) is 4.39 Å². The molecule has 2 rings (SSSR count). The molecule has 7 heteroatoms. The van der Waals surface area contributed by atoms with Crippen molar-refractivity contribution in [3.63, 3.8) is 0 Å². The van der Waals surface area contributed by atoms with Crippen LogP contribution in [-0.4, -0.2) is 39.5 Å². The highest BCUT2D eigenvalue weighted by Gasteiger charge is 2.60. The summed E-state index contributed by atoms with van der Waals surface area (Å²) in [5, 5.41) is 9.84. The summed E-state index contributed by atoms with van der Waals surface area (Å²) in [4.78, 5) is 39.7. The standard InChI is InChI=1S/C22H30FNO5/c1-20(2,3)18(27)24-15(17(25)26)12-22(7,19(28)29-21(4,5)6)16(24)13-9-8-10-14(23)11-13/h8-11,15-16H,12H2,1-7H3,(H,25,26)/t15-,16-,22-/m1/s1. The minimum atomic E-state index is -1.36. The van der Waals surface area contributed by atoms with Gasteiger partial charge in [0.05, 0.1) is 11.5 Å². The number of halogens is 1. The number of carboxylic acid groups (broad SMARTS) is 1. The topological polar surface area (TPSA) is 83.9 Å². The highest BCUT2D eigenvalue weighted by molar-refractivity contribution is 5.91. The molecule has 160 valence electrons. The van der Waals surface area contributed by atoms with Crippen molar-refractivity contribution < 1.29 is 28.6 Å². The Morgan fingerprint density at radius 1 is 1.17 bits per heavy atom. The van der Waals surface area contributed by atoms with Gasteiger partial charge in [0.2, 0.25) is 5.91 Å². The summed E-state index contributed by atoms with van der Waals surface area (Å²) in [7, 11) is 0. The molecule has 1 aromatic rings. The summed E-state index contributed by atoms with van der Waals surface area (Å²) in [5.74, 6) is -2.78. The Balaban J connectivity index is 2.70. The lowest BCUT2D eigenvalue weighted by Gasteiger charge is -2.38. The van der Waals surface area contributed by atoms with E-state index in [1.807, 2.05) is 0 Å². The van der Waals surface area contributed by atoms with E-state index in [2.05, 4.69) is 0 Å². The lowest BCUT2D eigenvalue weighted by atomic mass is 9.77. The predicted octanol–water partition coefficient (Wildman–Crippen LogP) is 3.95. The summed E-state index contributed by atoms with van der Waals surface area (Å²) in [6.45, 7) is 11.8. The fourth-order valence-electron chi connectivity index (χ4n) is 3.75. The van der Waals surface area contributed by atoms with Crippen LogP contribution >= 0.6 is 0 Å². The summed E-state index contributed by atoms with van der Waals surface area (Å²) >= 11 is 0. The molecular formula is C22H30FNO5. The second-order valence-electron chi connectivity index (χ2n) is 9.90. The van der Waals surface area contributed by atoms with Gasteiger partial charge >= 0.3 is 11.9 Å². The number of likely N-dealkylation sites (tertiary alicyclic amines) is 1. The first-order chi connectivity index (χ1) is 13.1. The van der Waals surface area contributed by atoms with Crippen LogP contribution in [0.5, 0.6) is 0 Å². The molecule has 1 N–H and O–H groups in total. The van der Waals surface area contributed by atoms with Crippen LogP contribution in [-0.2, 0) is 19.1 Å². The monoisotopic (exact) mass is 407 g/mol. The largest absolute Gasteiger partial charge is 0.480 e. The Kier molecular flexibility index (Phi) is 5.85. The zero-order valence-corrected chi connectivity index (χ0v) is 18.1. The molecule has 1 heterocycles. The predicted molar refractivity (Wildman–Crippen MR) is 105 cm³/mol. The quantitative estimate of drug-likeness (QED) is 0.767. The molecule has 1 aromatic carbocycles. The average molecular weight is 407 g/mol. The van der Waals surface area contributed by atoms with E-state index in [0.717, 1.165) is 0 Å². The highest BCUT2D eigenvalue weighted by atomic mass is 19.1. The molecule has 0 spiro atoms. The van der Waals surface area contributed by atoms with Gasteiger partial charge < -0.3 is 14.7 Å². The highest BCUT2D eigenvalue weighted by Crippen LogP contribution is 2.52. The van der Waals surface area contributed by atoms with E-state index in [9.17, 15) is 23.9 Å². The molecule has 1 aliphatic rings. The number of carbonyl (C=O) groups excluding carboxylic acids is 2. The second-order valence-corrected chi connectivity index (χ2v) is 9.90. The van der Waals surface area contributed by atoms with E-state index in [1.165, 1.54) is 23.1 Å². The first-order valence-corrected chi connectivity index (χ1v) is 9.62. The molecule has 0 radical (unpaired) electrons. The number of hydrogen-bond donors (Lipinski definition) is 1. The summed E-state index contributed by atoms with van der Waals surface area (Å²) in [6, 6.07) is 3.37. The molecule has 1 fully saturated rings. The van der Waals surface area contributed by atoms with Crippen molar-refractivity contribution in [2.24, 2.45) is 10.8 Å². The van der Waals surface area contributed by atoms with Gasteiger partial charge in [-0.05, 0) is 51.8 Å². The molecule has 6 nitrogen and oxygen atoms in total. The van der Waals surface area contributed by atoms with E-state index in [0.29, 0.717) is 5.56 Å². The molecule has 0 unspecified atom stereocenters. The third kappa shape index (κ3) is 4.60. The van der Waals surface area contributed by atoms with Gasteiger partial charge in [0, 0.05) is 5.41 Å². The number of nitrogens with zero attached hydrogens (tertiary/aromatic N) is 1. The van der Waals surface area contributed by atoms with E-state index >= 15 is 0 Å². The summed E-state index contributed by atoms with van der Waals surface area (Å²) in [6.07, 6.45) is -0.125. The van der Waals surface area contributed by atoms with Gasteiger partial charge in [-0.2, -0.15) is 0 Å². The smallest absolute Gasteiger partial charge is 0.326 e. The van der Waals surface area contributed by atoms with Crippen molar-refractivity contribution in [3.8, 4) is 0 Å². The molecule has 1 aliphatic heterocycles. The number of carboxylic acids is 1. The van der Waals surface area contributed by atoms with Gasteiger partial charge in [-0.15, -0.1) is 0 Å².